The number of halogens is 2. The van der Waals surface area contributed by atoms with Crippen molar-refractivity contribution >= 4 is 0 Å². The molecule has 1 aromatic heterocycles. The summed E-state index contributed by atoms with van der Waals surface area (Å²) >= 11 is 0. The molecule has 0 aliphatic rings. The molecule has 1 heterocycles. The molecule has 0 fully saturated rings. The molecule has 1 aromatic rings. The minimum atomic E-state index is -3.28. The first-order chi connectivity index (χ1) is 4.67. The lowest BCUT2D eigenvalue weighted by atomic mass is 10.2. The Kier molecular flexibility index (Phi) is 1.67. The van der Waals surface area contributed by atoms with E-state index in [9.17, 15) is 8.78 Å². The Morgan fingerprint density at radius 1 is 1.70 bits per heavy atom. The molecule has 0 saturated carbocycles. The Labute approximate surface area is 55.3 Å². The largest absolute Gasteiger partial charge is 0.390 e. The number of hydrogen-bond acceptors (Lipinski definition) is 3. The highest BCUT2D eigenvalue weighted by molar-refractivity contribution is 5.03. The van der Waals surface area contributed by atoms with Gasteiger partial charge in [-0.2, -0.15) is 8.78 Å². The second-order valence-corrected chi connectivity index (χ2v) is 1.75. The van der Waals surface area contributed by atoms with Crippen LogP contribution in [0.15, 0.2) is 16.9 Å². The zero-order valence-corrected chi connectivity index (χ0v) is 4.92. The van der Waals surface area contributed by atoms with E-state index in [-0.39, 0.29) is 0 Å². The third-order valence-electron chi connectivity index (χ3n) is 1.01. The van der Waals surface area contributed by atoms with Gasteiger partial charge in [-0.15, -0.1) is 0 Å². The van der Waals surface area contributed by atoms with Crippen LogP contribution in [0.3, 0.4) is 0 Å². The molecule has 0 spiro atoms. The minimum absolute atomic E-state index is 0.546. The molecule has 0 aromatic carbocycles. The highest BCUT2D eigenvalue weighted by atomic mass is 19.3. The molecule has 0 aliphatic heterocycles. The number of alkyl halides is 2. The van der Waals surface area contributed by atoms with Gasteiger partial charge in [0.25, 0.3) is 0 Å². The van der Waals surface area contributed by atoms with E-state index in [1.54, 1.807) is 0 Å². The molecule has 0 amide bonds. The van der Waals surface area contributed by atoms with Crippen molar-refractivity contribution in [2.75, 3.05) is 6.61 Å². The smallest absolute Gasteiger partial charge is 0.315 e. The van der Waals surface area contributed by atoms with E-state index in [0.29, 0.717) is 0 Å². The summed E-state index contributed by atoms with van der Waals surface area (Å²) < 4.78 is 28.9. The monoisotopic (exact) mass is 149 g/mol. The normalized spacial score (nSPS) is 11.9. The molecular weight excluding hydrogens is 144 g/mol. The van der Waals surface area contributed by atoms with Gasteiger partial charge in [-0.05, 0) is 0 Å². The van der Waals surface area contributed by atoms with Gasteiger partial charge < -0.3 is 9.63 Å². The Morgan fingerprint density at radius 2 is 2.40 bits per heavy atom. The molecule has 10 heavy (non-hydrogen) atoms. The number of aliphatic hydroxyl groups excluding tert-OH is 1. The van der Waals surface area contributed by atoms with E-state index in [1.165, 1.54) is 0 Å². The summed E-state index contributed by atoms with van der Waals surface area (Å²) in [4.78, 5) is 0. The maximum Gasteiger partial charge on any atom is 0.315 e. The van der Waals surface area contributed by atoms with Gasteiger partial charge in [0.05, 0.1) is 0 Å². The summed E-state index contributed by atoms with van der Waals surface area (Å²) in [6.45, 7) is -1.25. The molecule has 56 valence electrons. The van der Waals surface area contributed by atoms with Gasteiger partial charge in [-0.1, -0.05) is 5.16 Å². The zero-order chi connectivity index (χ0) is 7.61. The van der Waals surface area contributed by atoms with Crippen LogP contribution in [0.25, 0.3) is 0 Å². The standard InChI is InChI=1S/C5H5F2NO2/c6-5(7,3-9)4-1-2-10-8-4/h1-2,9H,3H2. The van der Waals surface area contributed by atoms with Gasteiger partial charge in [0, 0.05) is 6.07 Å². The summed E-state index contributed by atoms with van der Waals surface area (Å²) in [6, 6.07) is 1.01. The summed E-state index contributed by atoms with van der Waals surface area (Å²) in [6.07, 6.45) is 1.03. The molecule has 0 saturated heterocycles. The van der Waals surface area contributed by atoms with E-state index in [0.717, 1.165) is 12.3 Å². The van der Waals surface area contributed by atoms with Crippen molar-refractivity contribution in [3.8, 4) is 0 Å². The zero-order valence-electron chi connectivity index (χ0n) is 4.92. The lowest BCUT2D eigenvalue weighted by Gasteiger charge is -2.06. The average molecular weight is 149 g/mol. The van der Waals surface area contributed by atoms with Crippen LogP contribution in [0.4, 0.5) is 8.78 Å². The number of aromatic nitrogens is 1. The second kappa shape index (κ2) is 2.34. The van der Waals surface area contributed by atoms with E-state index in [1.807, 2.05) is 0 Å². The Balaban J connectivity index is 2.85. The molecule has 0 unspecified atom stereocenters. The fourth-order valence-corrected chi connectivity index (χ4v) is 0.482. The SMILES string of the molecule is OCC(F)(F)c1ccon1. The van der Waals surface area contributed by atoms with Gasteiger partial charge in [0.2, 0.25) is 0 Å². The summed E-state index contributed by atoms with van der Waals surface area (Å²) in [5, 5.41) is 11.1. The molecule has 0 aliphatic carbocycles. The van der Waals surface area contributed by atoms with Gasteiger partial charge in [0.1, 0.15) is 12.9 Å². The van der Waals surface area contributed by atoms with Crippen molar-refractivity contribution in [2.45, 2.75) is 5.92 Å². The number of aliphatic hydroxyl groups is 1. The Hall–Kier alpha value is -0.970. The highest BCUT2D eigenvalue weighted by Crippen LogP contribution is 2.24. The quantitative estimate of drug-likeness (QED) is 0.675. The fraction of sp³-hybridized carbons (Fsp3) is 0.400. The number of hydrogen-bond donors (Lipinski definition) is 1. The van der Waals surface area contributed by atoms with Gasteiger partial charge in [-0.25, -0.2) is 0 Å². The summed E-state index contributed by atoms with van der Waals surface area (Å²) in [5.74, 6) is -3.28. The Morgan fingerprint density at radius 3 is 2.80 bits per heavy atom. The van der Waals surface area contributed by atoms with Crippen LogP contribution < -0.4 is 0 Å². The van der Waals surface area contributed by atoms with Gasteiger partial charge in [0.15, 0.2) is 5.69 Å². The molecule has 5 heteroatoms. The van der Waals surface area contributed by atoms with Crippen molar-refractivity contribution < 1.29 is 18.4 Å². The van der Waals surface area contributed by atoms with Crippen molar-refractivity contribution in [3.05, 3.63) is 18.0 Å². The molecule has 1 rings (SSSR count). The van der Waals surface area contributed by atoms with Crippen LogP contribution >= 0.6 is 0 Å². The number of rotatable bonds is 2. The van der Waals surface area contributed by atoms with Crippen molar-refractivity contribution in [1.82, 2.24) is 5.16 Å². The third kappa shape index (κ3) is 1.13. The topological polar surface area (TPSA) is 46.3 Å². The number of nitrogens with zero attached hydrogens (tertiary/aromatic N) is 1. The first-order valence-electron chi connectivity index (χ1n) is 2.56. The first kappa shape index (κ1) is 7.14. The average Bonchev–Trinajstić information content (AvgIpc) is 2.38. The molecule has 0 bridgehead atoms. The minimum Gasteiger partial charge on any atom is -0.390 e. The lowest BCUT2D eigenvalue weighted by Crippen LogP contribution is -2.18. The van der Waals surface area contributed by atoms with E-state index >= 15 is 0 Å². The maximum absolute atomic E-state index is 12.3. The molecule has 0 radical (unpaired) electrons. The van der Waals surface area contributed by atoms with E-state index in [4.69, 9.17) is 5.11 Å². The van der Waals surface area contributed by atoms with Crippen molar-refractivity contribution in [3.63, 3.8) is 0 Å². The molecule has 1 N–H and O–H groups in total. The molecule has 0 atom stereocenters. The molecular formula is C5H5F2NO2. The van der Waals surface area contributed by atoms with Crippen molar-refractivity contribution in [1.29, 1.82) is 0 Å². The van der Waals surface area contributed by atoms with Gasteiger partial charge in [-0.3, -0.25) is 0 Å². The predicted molar refractivity (Wildman–Crippen MR) is 27.5 cm³/mol. The van der Waals surface area contributed by atoms with Crippen LogP contribution in [0.2, 0.25) is 0 Å². The fourth-order valence-electron chi connectivity index (χ4n) is 0.482. The summed E-state index contributed by atoms with van der Waals surface area (Å²) in [7, 11) is 0. The van der Waals surface area contributed by atoms with Crippen LogP contribution in [-0.4, -0.2) is 16.9 Å². The van der Waals surface area contributed by atoms with Gasteiger partial charge >= 0.3 is 5.92 Å². The van der Waals surface area contributed by atoms with E-state index in [2.05, 4.69) is 9.68 Å². The maximum atomic E-state index is 12.3. The summed E-state index contributed by atoms with van der Waals surface area (Å²) in [5.41, 5.74) is -0.546. The van der Waals surface area contributed by atoms with Crippen molar-refractivity contribution in [2.24, 2.45) is 0 Å². The second-order valence-electron chi connectivity index (χ2n) is 1.75. The molecule has 3 nitrogen and oxygen atoms in total. The predicted octanol–water partition coefficient (Wildman–Crippen LogP) is 0.759. The van der Waals surface area contributed by atoms with Crippen LogP contribution in [0, 0.1) is 0 Å². The van der Waals surface area contributed by atoms with Crippen LogP contribution in [0.5, 0.6) is 0 Å². The van der Waals surface area contributed by atoms with E-state index < -0.39 is 18.2 Å². The third-order valence-corrected chi connectivity index (χ3v) is 1.01. The van der Waals surface area contributed by atoms with Crippen LogP contribution in [-0.2, 0) is 5.92 Å². The highest BCUT2D eigenvalue weighted by Gasteiger charge is 2.33. The van der Waals surface area contributed by atoms with Crippen LogP contribution in [0.1, 0.15) is 5.69 Å². The Bertz CT molecular complexity index is 197. The first-order valence-corrected chi connectivity index (χ1v) is 2.56. The lowest BCUT2D eigenvalue weighted by molar-refractivity contribution is -0.0611.